The lowest BCUT2D eigenvalue weighted by Crippen LogP contribution is -2.27. The number of nitrogens with zero attached hydrogens (tertiary/aromatic N) is 5. The topological polar surface area (TPSA) is 98.2 Å². The number of hydrazone groups is 1. The molecule has 1 unspecified atom stereocenters. The lowest BCUT2D eigenvalue weighted by Gasteiger charge is -2.09. The largest absolute Gasteiger partial charge is 0.455 e. The van der Waals surface area contributed by atoms with E-state index in [1.165, 1.54) is 34.8 Å². The first-order chi connectivity index (χ1) is 15.5. The van der Waals surface area contributed by atoms with Crippen molar-refractivity contribution < 1.29 is 18.0 Å². The van der Waals surface area contributed by atoms with Gasteiger partial charge in [-0.25, -0.2) is 14.2 Å². The Balaban J connectivity index is 1.36. The minimum atomic E-state index is -0.736. The van der Waals surface area contributed by atoms with E-state index >= 15 is 0 Å². The van der Waals surface area contributed by atoms with Crippen molar-refractivity contribution in [3.05, 3.63) is 78.1 Å². The predicted octanol–water partition coefficient (Wildman–Crippen LogP) is 3.83. The molecule has 1 amide bonds. The zero-order valence-electron chi connectivity index (χ0n) is 16.6. The van der Waals surface area contributed by atoms with Gasteiger partial charge in [0.05, 0.1) is 22.7 Å². The van der Waals surface area contributed by atoms with Crippen LogP contribution in [0.5, 0.6) is 0 Å². The van der Waals surface area contributed by atoms with E-state index in [1.54, 1.807) is 13.0 Å². The Morgan fingerprint density at radius 2 is 2.00 bits per heavy atom. The van der Waals surface area contributed by atoms with Crippen LogP contribution in [-0.2, 0) is 4.79 Å². The number of halogens is 2. The van der Waals surface area contributed by atoms with Crippen LogP contribution in [0.25, 0.3) is 17.0 Å². The van der Waals surface area contributed by atoms with E-state index in [2.05, 4.69) is 26.1 Å². The van der Waals surface area contributed by atoms with Crippen LogP contribution >= 0.6 is 11.8 Å². The minimum Gasteiger partial charge on any atom is -0.455 e. The molecule has 2 heterocycles. The lowest BCUT2D eigenvalue weighted by molar-refractivity contribution is -0.120. The van der Waals surface area contributed by atoms with E-state index in [4.69, 9.17) is 4.42 Å². The van der Waals surface area contributed by atoms with E-state index < -0.39 is 16.9 Å². The number of hydrogen-bond donors (Lipinski definition) is 1. The molecule has 4 aromatic rings. The number of rotatable bonds is 7. The Hall–Kier alpha value is -3.86. The summed E-state index contributed by atoms with van der Waals surface area (Å²) in [5.41, 5.74) is 3.31. The molecular weight excluding hydrogens is 438 g/mol. The van der Waals surface area contributed by atoms with Crippen molar-refractivity contribution in [3.63, 3.8) is 0 Å². The molecule has 0 spiro atoms. The van der Waals surface area contributed by atoms with E-state index in [9.17, 15) is 13.6 Å². The minimum absolute atomic E-state index is 0.122. The molecule has 0 radical (unpaired) electrons. The van der Waals surface area contributed by atoms with E-state index in [1.807, 2.05) is 30.3 Å². The third-order valence-corrected chi connectivity index (χ3v) is 5.32. The van der Waals surface area contributed by atoms with Gasteiger partial charge in [-0.3, -0.25) is 4.79 Å². The molecule has 11 heteroatoms. The number of furan rings is 1. The molecule has 1 atom stereocenters. The highest BCUT2D eigenvalue weighted by Gasteiger charge is 2.19. The number of benzene rings is 2. The monoisotopic (exact) mass is 454 g/mol. The van der Waals surface area contributed by atoms with Crippen molar-refractivity contribution in [1.29, 1.82) is 0 Å². The molecule has 0 fully saturated rings. The molecule has 0 bridgehead atoms. The van der Waals surface area contributed by atoms with Gasteiger partial charge in [0.2, 0.25) is 5.16 Å². The maximum atomic E-state index is 13.9. The number of nitrogens with one attached hydrogen (secondary N) is 1. The number of aromatic nitrogens is 4. The third-order valence-electron chi connectivity index (χ3n) is 4.28. The summed E-state index contributed by atoms with van der Waals surface area (Å²) in [4.78, 5) is 12.4. The molecular formula is C21H16F2N6O2S. The zero-order chi connectivity index (χ0) is 22.5. The molecule has 4 rings (SSSR count). The van der Waals surface area contributed by atoms with Crippen LogP contribution in [0.3, 0.4) is 0 Å². The first-order valence-corrected chi connectivity index (χ1v) is 10.3. The maximum Gasteiger partial charge on any atom is 0.253 e. The molecule has 0 saturated carbocycles. The first-order valence-electron chi connectivity index (χ1n) is 9.40. The van der Waals surface area contributed by atoms with Gasteiger partial charge in [0, 0.05) is 6.07 Å². The van der Waals surface area contributed by atoms with Gasteiger partial charge in [-0.05, 0) is 53.7 Å². The number of carbonyl (C=O) groups excluding carboxylic acids is 1. The molecule has 162 valence electrons. The lowest BCUT2D eigenvalue weighted by atomic mass is 10.1. The first kappa shape index (κ1) is 21.4. The van der Waals surface area contributed by atoms with Crippen molar-refractivity contribution in [2.24, 2.45) is 5.10 Å². The Bertz CT molecular complexity index is 1260. The molecule has 0 aliphatic heterocycles. The Labute approximate surface area is 185 Å². The average Bonchev–Trinajstić information content (AvgIpc) is 3.44. The van der Waals surface area contributed by atoms with Crippen LogP contribution in [0, 0.1) is 11.6 Å². The average molecular weight is 454 g/mol. The van der Waals surface area contributed by atoms with E-state index in [-0.39, 0.29) is 23.0 Å². The number of hydrogen-bond acceptors (Lipinski definition) is 7. The molecule has 2 aromatic heterocycles. The summed E-state index contributed by atoms with van der Waals surface area (Å²) in [5.74, 6) is -1.28. The van der Waals surface area contributed by atoms with Crippen LogP contribution < -0.4 is 5.43 Å². The summed E-state index contributed by atoms with van der Waals surface area (Å²) in [5, 5.41) is 15.4. The smallest absolute Gasteiger partial charge is 0.253 e. The normalized spacial score (nSPS) is 12.2. The fraction of sp³-hybridized carbons (Fsp3) is 0.0952. The molecule has 0 aliphatic carbocycles. The molecule has 2 aromatic carbocycles. The van der Waals surface area contributed by atoms with Crippen LogP contribution in [0.15, 0.2) is 75.3 Å². The second-order valence-electron chi connectivity index (χ2n) is 6.53. The quantitative estimate of drug-likeness (QED) is 0.259. The molecule has 0 saturated heterocycles. The number of para-hydroxylation sites is 1. The van der Waals surface area contributed by atoms with Crippen molar-refractivity contribution in [1.82, 2.24) is 25.6 Å². The fourth-order valence-corrected chi connectivity index (χ4v) is 3.50. The zero-order valence-corrected chi connectivity index (χ0v) is 17.5. The molecule has 32 heavy (non-hydrogen) atoms. The van der Waals surface area contributed by atoms with Gasteiger partial charge in [0.1, 0.15) is 23.2 Å². The van der Waals surface area contributed by atoms with Gasteiger partial charge in [-0.2, -0.15) is 9.78 Å². The van der Waals surface area contributed by atoms with Crippen LogP contribution in [0.4, 0.5) is 8.78 Å². The van der Waals surface area contributed by atoms with Crippen LogP contribution in [0.1, 0.15) is 12.7 Å². The summed E-state index contributed by atoms with van der Waals surface area (Å²) in [6, 6.07) is 15.6. The summed E-state index contributed by atoms with van der Waals surface area (Å²) in [6.07, 6.45) is 1.29. The third kappa shape index (κ3) is 4.89. The van der Waals surface area contributed by atoms with Crippen molar-refractivity contribution in [2.75, 3.05) is 0 Å². The summed E-state index contributed by atoms with van der Waals surface area (Å²) in [7, 11) is 0. The Morgan fingerprint density at radius 1 is 1.19 bits per heavy atom. The van der Waals surface area contributed by atoms with Crippen molar-refractivity contribution in [2.45, 2.75) is 17.3 Å². The second-order valence-corrected chi connectivity index (χ2v) is 7.84. The predicted molar refractivity (Wildman–Crippen MR) is 114 cm³/mol. The number of carbonyl (C=O) groups is 1. The molecule has 0 aliphatic rings. The maximum absolute atomic E-state index is 13.9. The SMILES string of the molecule is CC(Sc1nnnn1-c1ccccc1)C(=O)N/N=C\c1ccc(-c2ccc(F)cc2F)o1. The van der Waals surface area contributed by atoms with Gasteiger partial charge in [0.15, 0.2) is 0 Å². The second kappa shape index (κ2) is 9.52. The van der Waals surface area contributed by atoms with Gasteiger partial charge < -0.3 is 4.42 Å². The summed E-state index contributed by atoms with van der Waals surface area (Å²) in [6.45, 7) is 1.70. The number of thioether (sulfide) groups is 1. The van der Waals surface area contributed by atoms with Crippen LogP contribution in [0.2, 0.25) is 0 Å². The highest BCUT2D eigenvalue weighted by molar-refractivity contribution is 8.00. The fourth-order valence-electron chi connectivity index (χ4n) is 2.70. The van der Waals surface area contributed by atoms with Crippen molar-refractivity contribution >= 4 is 23.9 Å². The Kier molecular flexibility index (Phi) is 6.36. The summed E-state index contributed by atoms with van der Waals surface area (Å²) >= 11 is 1.18. The van der Waals surface area contributed by atoms with Gasteiger partial charge in [-0.1, -0.05) is 30.0 Å². The Morgan fingerprint density at radius 3 is 2.78 bits per heavy atom. The van der Waals surface area contributed by atoms with Gasteiger partial charge in [-0.15, -0.1) is 5.10 Å². The van der Waals surface area contributed by atoms with E-state index in [0.717, 1.165) is 17.8 Å². The highest BCUT2D eigenvalue weighted by atomic mass is 32.2. The molecule has 8 nitrogen and oxygen atoms in total. The van der Waals surface area contributed by atoms with Gasteiger partial charge in [0.25, 0.3) is 5.91 Å². The van der Waals surface area contributed by atoms with Crippen LogP contribution in [-0.4, -0.2) is 37.6 Å². The number of amides is 1. The standard InChI is InChI=1S/C21H16F2N6O2S/c1-13(32-21-26-27-28-29(21)15-5-3-2-4-6-15)20(30)25-24-12-16-8-10-19(31-16)17-9-7-14(22)11-18(17)23/h2-13H,1H3,(H,25,30)/b24-12-. The van der Waals surface area contributed by atoms with Gasteiger partial charge >= 0.3 is 0 Å². The van der Waals surface area contributed by atoms with Crippen molar-refractivity contribution in [3.8, 4) is 17.0 Å². The number of tetrazole rings is 1. The van der Waals surface area contributed by atoms with E-state index in [0.29, 0.717) is 5.16 Å². The molecule has 1 N–H and O–H groups in total. The summed E-state index contributed by atoms with van der Waals surface area (Å²) < 4.78 is 34.0. The highest BCUT2D eigenvalue weighted by Crippen LogP contribution is 2.25.